The van der Waals surface area contributed by atoms with E-state index in [2.05, 4.69) is 0 Å². The van der Waals surface area contributed by atoms with Crippen LogP contribution < -0.4 is 0 Å². The first-order valence-corrected chi connectivity index (χ1v) is 6.08. The highest BCUT2D eigenvalue weighted by molar-refractivity contribution is 5.56. The highest BCUT2D eigenvalue weighted by Crippen LogP contribution is 2.82. The van der Waals surface area contributed by atoms with E-state index in [4.69, 9.17) is 0 Å². The van der Waals surface area contributed by atoms with Crippen molar-refractivity contribution in [3.05, 3.63) is 11.7 Å². The van der Waals surface area contributed by atoms with E-state index in [9.17, 15) is 65.9 Å². The van der Waals surface area contributed by atoms with Crippen molar-refractivity contribution in [3.8, 4) is 0 Å². The molecule has 0 aromatic rings. The lowest BCUT2D eigenvalue weighted by Crippen LogP contribution is -2.75. The fourth-order valence-corrected chi connectivity index (χ4v) is 3.18. The van der Waals surface area contributed by atoms with Crippen molar-refractivity contribution < 1.29 is 65.9 Å². The van der Waals surface area contributed by atoms with E-state index in [1.54, 1.807) is 0 Å². The van der Waals surface area contributed by atoms with Crippen LogP contribution in [0.2, 0.25) is 0 Å². The molecule has 26 heavy (non-hydrogen) atoms. The number of rotatable bonds is 1. The normalized spacial score (nSPS) is 39.7. The number of alkyl halides is 13. The molecule has 3 unspecified atom stereocenters. The third-order valence-electron chi connectivity index (χ3n) is 4.83. The zero-order chi connectivity index (χ0) is 21.2. The van der Waals surface area contributed by atoms with Crippen LogP contribution in [0.4, 0.5) is 65.9 Å². The number of fused-ring (bicyclic) bond motifs is 2. The Hall–Kier alpha value is -1.31. The average molecular weight is 420 g/mol. The van der Waals surface area contributed by atoms with Crippen molar-refractivity contribution in [3.63, 3.8) is 0 Å². The molecule has 3 atom stereocenters. The van der Waals surface area contributed by atoms with Gasteiger partial charge in [0.25, 0.3) is 11.3 Å². The van der Waals surface area contributed by atoms with Gasteiger partial charge in [-0.25, -0.2) is 22.0 Å². The first-order valence-electron chi connectivity index (χ1n) is 6.08. The van der Waals surface area contributed by atoms with Crippen molar-refractivity contribution in [1.29, 1.82) is 0 Å². The Morgan fingerprint density at radius 2 is 0.885 bits per heavy atom. The SMILES string of the molecule is CC(C(F)(F)F)(C(F)(F)F)C1(F)C(F)(F)C2(F)C(F)=C(F)C1(F)C2(F)F. The Balaban J connectivity index is 3.12. The van der Waals surface area contributed by atoms with E-state index in [1.807, 2.05) is 0 Å². The molecule has 0 radical (unpaired) electrons. The molecule has 152 valence electrons. The summed E-state index contributed by atoms with van der Waals surface area (Å²) in [4.78, 5) is 0. The van der Waals surface area contributed by atoms with Crippen LogP contribution in [0.3, 0.4) is 0 Å². The van der Waals surface area contributed by atoms with Crippen LogP contribution in [0.5, 0.6) is 0 Å². The molecule has 0 nitrogen and oxygen atoms in total. The third kappa shape index (κ3) is 1.42. The minimum atomic E-state index is -7.33. The van der Waals surface area contributed by atoms with Crippen LogP contribution in [0.1, 0.15) is 6.92 Å². The first-order chi connectivity index (χ1) is 11.1. The largest absolute Gasteiger partial charge is 0.406 e. The lowest BCUT2D eigenvalue weighted by atomic mass is 9.63. The summed E-state index contributed by atoms with van der Waals surface area (Å²) in [5.41, 5.74) is -27.8. The fourth-order valence-electron chi connectivity index (χ4n) is 3.18. The summed E-state index contributed by atoms with van der Waals surface area (Å²) in [6.45, 7) is -1.52. The lowest BCUT2D eigenvalue weighted by molar-refractivity contribution is -0.411. The van der Waals surface area contributed by atoms with Gasteiger partial charge >= 0.3 is 24.2 Å². The molecule has 0 saturated heterocycles. The highest BCUT2D eigenvalue weighted by Gasteiger charge is 3.09. The molecular weight excluding hydrogens is 417 g/mol. The second kappa shape index (κ2) is 4.39. The van der Waals surface area contributed by atoms with Crippen molar-refractivity contribution in [2.45, 2.75) is 48.1 Å². The van der Waals surface area contributed by atoms with Crippen molar-refractivity contribution >= 4 is 0 Å². The van der Waals surface area contributed by atoms with Crippen LogP contribution in [-0.2, 0) is 0 Å². The predicted molar refractivity (Wildman–Crippen MR) is 50.9 cm³/mol. The topological polar surface area (TPSA) is 0 Å². The molecule has 0 heterocycles. The van der Waals surface area contributed by atoms with E-state index in [1.165, 1.54) is 0 Å². The Morgan fingerprint density at radius 3 is 1.15 bits per heavy atom. The van der Waals surface area contributed by atoms with Gasteiger partial charge in [-0.05, 0) is 6.92 Å². The predicted octanol–water partition coefficient (Wildman–Crippen LogP) is 5.69. The molecule has 2 rings (SSSR count). The van der Waals surface area contributed by atoms with Crippen LogP contribution in [0.25, 0.3) is 0 Å². The Labute approximate surface area is 132 Å². The fraction of sp³-hybridized carbons (Fsp3) is 0.818. The van der Waals surface area contributed by atoms with Crippen LogP contribution in [-0.4, -0.2) is 41.2 Å². The van der Waals surface area contributed by atoms with Gasteiger partial charge in [-0.1, -0.05) is 0 Å². The van der Waals surface area contributed by atoms with Crippen molar-refractivity contribution in [2.24, 2.45) is 5.41 Å². The van der Waals surface area contributed by atoms with Gasteiger partial charge in [0.05, 0.1) is 0 Å². The van der Waals surface area contributed by atoms with Gasteiger partial charge in [-0.3, -0.25) is 0 Å². The minimum absolute atomic E-state index is 1.52. The van der Waals surface area contributed by atoms with Crippen LogP contribution in [0.15, 0.2) is 11.7 Å². The third-order valence-corrected chi connectivity index (χ3v) is 4.83. The minimum Gasteiger partial charge on any atom is -0.231 e. The molecule has 2 aliphatic rings. The standard InChI is InChI=1S/C11H3F15/c1-4(10(21,22)23,11(24,25)26)7(16)5(14)2(12)3(13)6(15,8(5,17)18)9(7,19)20/h1H3. The number of hydrogen-bond donors (Lipinski definition) is 0. The maximum Gasteiger partial charge on any atom is 0.406 e. The average Bonchev–Trinajstić information content (AvgIpc) is 2.59. The van der Waals surface area contributed by atoms with E-state index in [0.717, 1.165) is 0 Å². The van der Waals surface area contributed by atoms with Gasteiger partial charge in [0.1, 0.15) is 0 Å². The Morgan fingerprint density at radius 1 is 0.577 bits per heavy atom. The summed E-state index contributed by atoms with van der Waals surface area (Å²) in [6, 6.07) is 0. The molecule has 15 heteroatoms. The first kappa shape index (κ1) is 21.0. The monoisotopic (exact) mass is 420 g/mol. The van der Waals surface area contributed by atoms with Crippen LogP contribution in [0, 0.1) is 5.41 Å². The summed E-state index contributed by atoms with van der Waals surface area (Å²) in [5.74, 6) is -22.5. The number of allylic oxidation sites excluding steroid dienone is 2. The zero-order valence-corrected chi connectivity index (χ0v) is 11.7. The Kier molecular flexibility index (Phi) is 3.55. The van der Waals surface area contributed by atoms with Gasteiger partial charge in [0.2, 0.25) is 11.1 Å². The van der Waals surface area contributed by atoms with Crippen molar-refractivity contribution in [1.82, 2.24) is 0 Å². The van der Waals surface area contributed by atoms with Gasteiger partial charge in [-0.2, -0.15) is 43.9 Å². The van der Waals surface area contributed by atoms with Gasteiger partial charge in [0, 0.05) is 0 Å². The molecule has 1 fully saturated rings. The summed E-state index contributed by atoms with van der Waals surface area (Å²) in [5, 5.41) is 0. The molecule has 2 bridgehead atoms. The molecule has 1 saturated carbocycles. The van der Waals surface area contributed by atoms with Gasteiger partial charge in [0.15, 0.2) is 11.7 Å². The maximum atomic E-state index is 14.6. The van der Waals surface area contributed by atoms with E-state index >= 15 is 0 Å². The Bertz CT molecular complexity index is 669. The quantitative estimate of drug-likeness (QED) is 0.479. The summed E-state index contributed by atoms with van der Waals surface area (Å²) >= 11 is 0. The molecule has 0 amide bonds. The number of hydrogen-bond acceptors (Lipinski definition) is 0. The summed E-state index contributed by atoms with van der Waals surface area (Å²) in [7, 11) is 0. The smallest absolute Gasteiger partial charge is 0.231 e. The molecule has 0 N–H and O–H groups in total. The molecule has 2 aliphatic carbocycles. The molecule has 0 aliphatic heterocycles. The van der Waals surface area contributed by atoms with Crippen molar-refractivity contribution in [2.75, 3.05) is 0 Å². The second-order valence-electron chi connectivity index (χ2n) is 5.87. The van der Waals surface area contributed by atoms with Gasteiger partial charge in [-0.15, -0.1) is 0 Å². The number of halogens is 15. The van der Waals surface area contributed by atoms with Crippen LogP contribution >= 0.6 is 0 Å². The summed E-state index contributed by atoms with van der Waals surface area (Å²) < 4.78 is 202. The maximum absolute atomic E-state index is 14.6. The molecular formula is C11H3F15. The zero-order valence-electron chi connectivity index (χ0n) is 11.7. The van der Waals surface area contributed by atoms with Gasteiger partial charge < -0.3 is 0 Å². The lowest BCUT2D eigenvalue weighted by Gasteiger charge is -2.49. The van der Waals surface area contributed by atoms with E-state index < -0.39 is 65.2 Å². The summed E-state index contributed by atoms with van der Waals surface area (Å²) in [6.07, 6.45) is -14.6. The second-order valence-corrected chi connectivity index (χ2v) is 5.87. The highest BCUT2D eigenvalue weighted by atomic mass is 19.4. The molecule has 0 aromatic carbocycles. The molecule has 0 spiro atoms. The molecule has 0 aromatic heterocycles. The van der Waals surface area contributed by atoms with E-state index in [-0.39, 0.29) is 0 Å². The van der Waals surface area contributed by atoms with E-state index in [0.29, 0.717) is 0 Å².